The summed E-state index contributed by atoms with van der Waals surface area (Å²) in [6.45, 7) is 0. The SMILES string of the molecule is COc1ccc(C(CC(=O)O)NC(=O)C(c2ccccc2)c2ccccc2)cc1. The van der Waals surface area contributed by atoms with Crippen LogP contribution in [0.5, 0.6) is 5.75 Å². The summed E-state index contributed by atoms with van der Waals surface area (Å²) in [5.74, 6) is -1.10. The standard InChI is InChI=1S/C24H23NO4/c1-29-20-14-12-17(13-15-20)21(16-22(26)27)25-24(28)23(18-8-4-2-5-9-18)19-10-6-3-7-11-19/h2-15,21,23H,16H2,1H3,(H,25,28)(H,26,27). The van der Waals surface area contributed by atoms with Crippen LogP contribution in [-0.4, -0.2) is 24.1 Å². The van der Waals surface area contributed by atoms with Crippen LogP contribution in [0.3, 0.4) is 0 Å². The van der Waals surface area contributed by atoms with Gasteiger partial charge in [0.2, 0.25) is 5.91 Å². The monoisotopic (exact) mass is 389 g/mol. The lowest BCUT2D eigenvalue weighted by atomic mass is 9.90. The number of rotatable bonds is 8. The Morgan fingerprint density at radius 3 is 1.79 bits per heavy atom. The molecule has 2 N–H and O–H groups in total. The number of carboxylic acid groups (broad SMARTS) is 1. The molecule has 0 spiro atoms. The van der Waals surface area contributed by atoms with Crippen molar-refractivity contribution in [1.82, 2.24) is 5.32 Å². The largest absolute Gasteiger partial charge is 0.497 e. The summed E-state index contributed by atoms with van der Waals surface area (Å²) in [5, 5.41) is 12.3. The van der Waals surface area contributed by atoms with Gasteiger partial charge in [-0.3, -0.25) is 9.59 Å². The van der Waals surface area contributed by atoms with Crippen molar-refractivity contribution >= 4 is 11.9 Å². The van der Waals surface area contributed by atoms with Gasteiger partial charge in [0, 0.05) is 0 Å². The lowest BCUT2D eigenvalue weighted by Crippen LogP contribution is -2.34. The highest BCUT2D eigenvalue weighted by Crippen LogP contribution is 2.27. The maximum absolute atomic E-state index is 13.3. The molecule has 0 bridgehead atoms. The number of hydrogen-bond acceptors (Lipinski definition) is 3. The Bertz CT molecular complexity index is 900. The molecule has 5 nitrogen and oxygen atoms in total. The van der Waals surface area contributed by atoms with Gasteiger partial charge in [0.15, 0.2) is 0 Å². The Labute approximate surface area is 170 Å². The molecule has 1 unspecified atom stereocenters. The zero-order valence-electron chi connectivity index (χ0n) is 16.1. The molecular weight excluding hydrogens is 366 g/mol. The molecule has 0 aliphatic carbocycles. The fraction of sp³-hybridized carbons (Fsp3) is 0.167. The van der Waals surface area contributed by atoms with Crippen molar-refractivity contribution in [1.29, 1.82) is 0 Å². The summed E-state index contributed by atoms with van der Waals surface area (Å²) in [6, 6.07) is 25.3. The van der Waals surface area contributed by atoms with Crippen molar-refractivity contribution in [2.24, 2.45) is 0 Å². The first-order valence-corrected chi connectivity index (χ1v) is 9.34. The van der Waals surface area contributed by atoms with Gasteiger partial charge in [0.25, 0.3) is 0 Å². The molecular formula is C24H23NO4. The van der Waals surface area contributed by atoms with Crippen molar-refractivity contribution in [3.8, 4) is 5.75 Å². The molecule has 3 rings (SSSR count). The van der Waals surface area contributed by atoms with Gasteiger partial charge in [-0.2, -0.15) is 0 Å². The third kappa shape index (κ3) is 5.23. The Balaban J connectivity index is 1.91. The van der Waals surface area contributed by atoms with E-state index in [1.54, 1.807) is 31.4 Å². The Hall–Kier alpha value is -3.60. The minimum Gasteiger partial charge on any atom is -0.497 e. The van der Waals surface area contributed by atoms with Gasteiger partial charge in [-0.25, -0.2) is 0 Å². The van der Waals surface area contributed by atoms with E-state index in [9.17, 15) is 14.7 Å². The van der Waals surface area contributed by atoms with Crippen LogP contribution in [-0.2, 0) is 9.59 Å². The van der Waals surface area contributed by atoms with Crippen LogP contribution in [0.2, 0.25) is 0 Å². The third-order valence-electron chi connectivity index (χ3n) is 4.74. The quantitative estimate of drug-likeness (QED) is 0.607. The van der Waals surface area contributed by atoms with Gasteiger partial charge in [0.05, 0.1) is 25.5 Å². The number of carbonyl (C=O) groups is 2. The van der Waals surface area contributed by atoms with Crippen LogP contribution in [0.4, 0.5) is 0 Å². The van der Waals surface area contributed by atoms with Gasteiger partial charge in [0.1, 0.15) is 5.75 Å². The van der Waals surface area contributed by atoms with E-state index in [1.165, 1.54) is 0 Å². The first-order valence-electron chi connectivity index (χ1n) is 9.34. The molecule has 3 aromatic rings. The highest BCUT2D eigenvalue weighted by molar-refractivity contribution is 5.88. The first kappa shape index (κ1) is 20.1. The summed E-state index contributed by atoms with van der Waals surface area (Å²) < 4.78 is 5.16. The molecule has 3 aromatic carbocycles. The zero-order valence-corrected chi connectivity index (χ0v) is 16.1. The maximum Gasteiger partial charge on any atom is 0.305 e. The summed E-state index contributed by atoms with van der Waals surface area (Å²) in [5.41, 5.74) is 2.40. The number of amides is 1. The van der Waals surface area contributed by atoms with Crippen LogP contribution in [0.15, 0.2) is 84.9 Å². The summed E-state index contributed by atoms with van der Waals surface area (Å²) in [6.07, 6.45) is -0.214. The van der Waals surface area contributed by atoms with Gasteiger partial charge < -0.3 is 15.2 Å². The summed E-state index contributed by atoms with van der Waals surface area (Å²) in [4.78, 5) is 24.7. The van der Waals surface area contributed by atoms with Gasteiger partial charge in [-0.15, -0.1) is 0 Å². The predicted octanol–water partition coefficient (Wildman–Crippen LogP) is 4.16. The lowest BCUT2D eigenvalue weighted by molar-refractivity contribution is -0.137. The number of nitrogens with one attached hydrogen (secondary N) is 1. The van der Waals surface area contributed by atoms with Gasteiger partial charge in [-0.05, 0) is 28.8 Å². The minimum absolute atomic E-state index is 0.214. The van der Waals surface area contributed by atoms with E-state index in [2.05, 4.69) is 5.32 Å². The normalized spacial score (nSPS) is 11.7. The summed E-state index contributed by atoms with van der Waals surface area (Å²) in [7, 11) is 1.57. The summed E-state index contributed by atoms with van der Waals surface area (Å²) >= 11 is 0. The van der Waals surface area contributed by atoms with Crippen molar-refractivity contribution in [2.45, 2.75) is 18.4 Å². The van der Waals surface area contributed by atoms with Crippen LogP contribution in [0.25, 0.3) is 0 Å². The molecule has 5 heteroatoms. The Morgan fingerprint density at radius 2 is 1.34 bits per heavy atom. The average Bonchev–Trinajstić information content (AvgIpc) is 2.75. The number of carboxylic acids is 1. The molecule has 148 valence electrons. The van der Waals surface area contributed by atoms with E-state index < -0.39 is 17.9 Å². The maximum atomic E-state index is 13.3. The molecule has 0 aromatic heterocycles. The lowest BCUT2D eigenvalue weighted by Gasteiger charge is -2.23. The fourth-order valence-electron chi connectivity index (χ4n) is 3.30. The molecule has 0 aliphatic rings. The number of ether oxygens (including phenoxy) is 1. The van der Waals surface area contributed by atoms with Crippen LogP contribution >= 0.6 is 0 Å². The second kappa shape index (κ2) is 9.55. The van der Waals surface area contributed by atoms with Crippen LogP contribution in [0.1, 0.15) is 35.1 Å². The molecule has 1 atom stereocenters. The fourth-order valence-corrected chi connectivity index (χ4v) is 3.30. The van der Waals surface area contributed by atoms with E-state index in [1.807, 2.05) is 60.7 Å². The highest BCUT2D eigenvalue weighted by Gasteiger charge is 2.26. The Morgan fingerprint density at radius 1 is 0.828 bits per heavy atom. The van der Waals surface area contributed by atoms with E-state index in [-0.39, 0.29) is 12.3 Å². The van der Waals surface area contributed by atoms with E-state index in [4.69, 9.17) is 4.74 Å². The van der Waals surface area contributed by atoms with Crippen LogP contribution in [0, 0.1) is 0 Å². The van der Waals surface area contributed by atoms with Crippen LogP contribution < -0.4 is 10.1 Å². The number of carbonyl (C=O) groups excluding carboxylic acids is 1. The van der Waals surface area contributed by atoms with Crippen molar-refractivity contribution in [3.63, 3.8) is 0 Å². The van der Waals surface area contributed by atoms with E-state index in [0.29, 0.717) is 11.3 Å². The van der Waals surface area contributed by atoms with Crippen molar-refractivity contribution < 1.29 is 19.4 Å². The molecule has 29 heavy (non-hydrogen) atoms. The van der Waals surface area contributed by atoms with Gasteiger partial charge >= 0.3 is 5.97 Å². The molecule has 1 amide bonds. The minimum atomic E-state index is -0.984. The van der Waals surface area contributed by atoms with E-state index in [0.717, 1.165) is 11.1 Å². The molecule has 0 saturated heterocycles. The second-order valence-corrected chi connectivity index (χ2v) is 6.69. The van der Waals surface area contributed by atoms with Crippen molar-refractivity contribution in [2.75, 3.05) is 7.11 Å². The molecule has 0 heterocycles. The zero-order chi connectivity index (χ0) is 20.6. The average molecular weight is 389 g/mol. The topological polar surface area (TPSA) is 75.6 Å². The predicted molar refractivity (Wildman–Crippen MR) is 111 cm³/mol. The third-order valence-corrected chi connectivity index (χ3v) is 4.74. The Kier molecular flexibility index (Phi) is 6.63. The molecule has 0 aliphatic heterocycles. The number of aliphatic carboxylic acids is 1. The smallest absolute Gasteiger partial charge is 0.305 e. The number of benzene rings is 3. The molecule has 0 radical (unpaired) electrons. The van der Waals surface area contributed by atoms with Crippen molar-refractivity contribution in [3.05, 3.63) is 102 Å². The number of methoxy groups -OCH3 is 1. The van der Waals surface area contributed by atoms with Gasteiger partial charge in [-0.1, -0.05) is 72.8 Å². The molecule has 0 saturated carbocycles. The number of hydrogen-bond donors (Lipinski definition) is 2. The highest BCUT2D eigenvalue weighted by atomic mass is 16.5. The molecule has 0 fully saturated rings. The first-order chi connectivity index (χ1) is 14.1. The second-order valence-electron chi connectivity index (χ2n) is 6.69. The van der Waals surface area contributed by atoms with E-state index >= 15 is 0 Å².